The quantitative estimate of drug-likeness (QED) is 0.792. The molecule has 0 spiro atoms. The molecule has 3 amide bonds. The van der Waals surface area contributed by atoms with Crippen LogP contribution in [-0.2, 0) is 4.79 Å². The number of urea groups is 1. The molecule has 0 atom stereocenters. The van der Waals surface area contributed by atoms with E-state index in [1.165, 1.54) is 0 Å². The van der Waals surface area contributed by atoms with Crippen LogP contribution in [0.15, 0.2) is 24.3 Å². The zero-order valence-electron chi connectivity index (χ0n) is 18.1. The molecule has 166 valence electrons. The second-order valence-electron chi connectivity index (χ2n) is 8.72. The van der Waals surface area contributed by atoms with Crippen LogP contribution in [0.25, 0.3) is 0 Å². The molecule has 1 aromatic rings. The summed E-state index contributed by atoms with van der Waals surface area (Å²) < 4.78 is 0. The van der Waals surface area contributed by atoms with Crippen LogP contribution in [0.3, 0.4) is 0 Å². The highest BCUT2D eigenvalue weighted by Gasteiger charge is 2.27. The fourth-order valence-electron chi connectivity index (χ4n) is 4.66. The fourth-order valence-corrected chi connectivity index (χ4v) is 4.66. The number of benzene rings is 1. The molecule has 0 unspecified atom stereocenters. The lowest BCUT2D eigenvalue weighted by atomic mass is 10.0. The van der Waals surface area contributed by atoms with Gasteiger partial charge in [-0.15, -0.1) is 0 Å². The number of nitriles is 1. The van der Waals surface area contributed by atoms with Gasteiger partial charge in [0.25, 0.3) is 0 Å². The largest absolute Gasteiger partial charge is 0.371 e. The van der Waals surface area contributed by atoms with Crippen molar-refractivity contribution < 1.29 is 9.59 Å². The van der Waals surface area contributed by atoms with Crippen LogP contribution in [0.4, 0.5) is 10.5 Å². The molecule has 3 aliphatic heterocycles. The third kappa shape index (κ3) is 5.47. The van der Waals surface area contributed by atoms with E-state index >= 15 is 0 Å². The molecule has 8 nitrogen and oxygen atoms in total. The van der Waals surface area contributed by atoms with E-state index in [2.05, 4.69) is 21.2 Å². The maximum Gasteiger partial charge on any atom is 0.317 e. The number of likely N-dealkylation sites (tertiary alicyclic amines) is 1. The van der Waals surface area contributed by atoms with Crippen molar-refractivity contribution in [3.05, 3.63) is 29.8 Å². The molecule has 3 aliphatic rings. The lowest BCUT2D eigenvalue weighted by Gasteiger charge is -2.37. The van der Waals surface area contributed by atoms with Crippen molar-refractivity contribution in [3.8, 4) is 6.07 Å². The number of nitrogens with one attached hydrogen (secondary N) is 1. The number of amides is 3. The molecule has 4 rings (SSSR count). The van der Waals surface area contributed by atoms with E-state index in [1.807, 2.05) is 34.1 Å². The first kappa shape index (κ1) is 21.4. The van der Waals surface area contributed by atoms with E-state index in [9.17, 15) is 9.59 Å². The number of rotatable bonds is 4. The molecule has 0 aromatic heterocycles. The molecular formula is C23H32N6O2. The van der Waals surface area contributed by atoms with Crippen LogP contribution >= 0.6 is 0 Å². The maximum atomic E-state index is 12.7. The summed E-state index contributed by atoms with van der Waals surface area (Å²) in [6, 6.07) is 10.0. The third-order valence-electron chi connectivity index (χ3n) is 6.66. The Morgan fingerprint density at radius 3 is 2.16 bits per heavy atom. The Kier molecular flexibility index (Phi) is 6.92. The number of carbonyl (C=O) groups is 2. The first-order valence-corrected chi connectivity index (χ1v) is 11.4. The Morgan fingerprint density at radius 2 is 1.55 bits per heavy atom. The van der Waals surface area contributed by atoms with E-state index in [0.717, 1.165) is 70.6 Å². The van der Waals surface area contributed by atoms with Crippen LogP contribution in [-0.4, -0.2) is 91.6 Å². The summed E-state index contributed by atoms with van der Waals surface area (Å²) in [5.74, 6) is 0.226. The highest BCUT2D eigenvalue weighted by Crippen LogP contribution is 2.20. The first-order chi connectivity index (χ1) is 15.1. The van der Waals surface area contributed by atoms with Gasteiger partial charge in [-0.1, -0.05) is 0 Å². The zero-order chi connectivity index (χ0) is 21.6. The number of piperidine rings is 1. The van der Waals surface area contributed by atoms with Gasteiger partial charge in [0.15, 0.2) is 0 Å². The second-order valence-corrected chi connectivity index (χ2v) is 8.72. The van der Waals surface area contributed by atoms with Gasteiger partial charge in [0, 0.05) is 64.1 Å². The van der Waals surface area contributed by atoms with Gasteiger partial charge in [-0.3, -0.25) is 9.69 Å². The Hall–Kier alpha value is -2.79. The minimum absolute atomic E-state index is 0.0161. The van der Waals surface area contributed by atoms with Crippen molar-refractivity contribution in [3.63, 3.8) is 0 Å². The van der Waals surface area contributed by atoms with E-state index in [4.69, 9.17) is 5.26 Å². The lowest BCUT2D eigenvalue weighted by molar-refractivity contribution is -0.131. The summed E-state index contributed by atoms with van der Waals surface area (Å²) in [5.41, 5.74) is 1.80. The molecular weight excluding hydrogens is 392 g/mol. The topological polar surface area (TPSA) is 82.9 Å². The van der Waals surface area contributed by atoms with Crippen LogP contribution in [0.2, 0.25) is 0 Å². The van der Waals surface area contributed by atoms with Crippen molar-refractivity contribution in [2.75, 3.05) is 63.8 Å². The summed E-state index contributed by atoms with van der Waals surface area (Å²) in [5, 5.41) is 12.1. The number of hydrogen-bond donors (Lipinski definition) is 1. The monoisotopic (exact) mass is 424 g/mol. The predicted molar refractivity (Wildman–Crippen MR) is 119 cm³/mol. The Labute approximate surface area is 184 Å². The molecule has 0 aliphatic carbocycles. The van der Waals surface area contributed by atoms with E-state index in [1.54, 1.807) is 0 Å². The average molecular weight is 425 g/mol. The number of nitrogens with zero attached hydrogens (tertiary/aromatic N) is 5. The number of piperazine rings is 1. The van der Waals surface area contributed by atoms with Gasteiger partial charge < -0.3 is 20.0 Å². The molecule has 3 heterocycles. The second kappa shape index (κ2) is 10.0. The van der Waals surface area contributed by atoms with Crippen molar-refractivity contribution in [1.82, 2.24) is 20.0 Å². The summed E-state index contributed by atoms with van der Waals surface area (Å²) in [4.78, 5) is 33.3. The van der Waals surface area contributed by atoms with Gasteiger partial charge in [-0.2, -0.15) is 5.26 Å². The molecule has 0 bridgehead atoms. The molecule has 3 saturated heterocycles. The van der Waals surface area contributed by atoms with Gasteiger partial charge >= 0.3 is 6.03 Å². The molecule has 8 heteroatoms. The minimum atomic E-state index is 0.0161. The standard InChI is InChI=1S/C23H32N6O2/c24-17-19-3-5-21(6-4-19)27-11-7-20(8-12-27)25-23(31)29-15-13-26(14-16-29)18-22(30)28-9-1-2-10-28/h3-6,20H,1-2,7-16,18H2,(H,25,31). The Balaban J connectivity index is 1.17. The summed E-state index contributed by atoms with van der Waals surface area (Å²) in [7, 11) is 0. The van der Waals surface area contributed by atoms with Crippen LogP contribution < -0.4 is 10.2 Å². The van der Waals surface area contributed by atoms with Crippen molar-refractivity contribution >= 4 is 17.6 Å². The molecule has 31 heavy (non-hydrogen) atoms. The van der Waals surface area contributed by atoms with Crippen molar-refractivity contribution in [1.29, 1.82) is 5.26 Å². The first-order valence-electron chi connectivity index (χ1n) is 11.4. The Bertz CT molecular complexity index is 798. The minimum Gasteiger partial charge on any atom is -0.371 e. The molecule has 1 aromatic carbocycles. The van der Waals surface area contributed by atoms with E-state index in [0.29, 0.717) is 25.2 Å². The van der Waals surface area contributed by atoms with Crippen LogP contribution in [0, 0.1) is 11.3 Å². The maximum absolute atomic E-state index is 12.7. The molecule has 3 fully saturated rings. The number of carbonyl (C=O) groups excluding carboxylic acids is 2. The normalized spacial score (nSPS) is 20.5. The number of hydrogen-bond acceptors (Lipinski definition) is 5. The average Bonchev–Trinajstić information content (AvgIpc) is 3.35. The molecule has 0 radical (unpaired) electrons. The lowest BCUT2D eigenvalue weighted by Crippen LogP contribution is -2.55. The van der Waals surface area contributed by atoms with Gasteiger partial charge in [-0.25, -0.2) is 4.79 Å². The van der Waals surface area contributed by atoms with E-state index < -0.39 is 0 Å². The smallest absolute Gasteiger partial charge is 0.317 e. The van der Waals surface area contributed by atoms with Gasteiger partial charge in [-0.05, 0) is 49.9 Å². The third-order valence-corrected chi connectivity index (χ3v) is 6.66. The fraction of sp³-hybridized carbons (Fsp3) is 0.609. The van der Waals surface area contributed by atoms with Crippen molar-refractivity contribution in [2.24, 2.45) is 0 Å². The molecule has 0 saturated carbocycles. The SMILES string of the molecule is N#Cc1ccc(N2CCC(NC(=O)N3CCN(CC(=O)N4CCCC4)CC3)CC2)cc1. The van der Waals surface area contributed by atoms with Gasteiger partial charge in [0.1, 0.15) is 0 Å². The molecule has 1 N–H and O–H groups in total. The van der Waals surface area contributed by atoms with Crippen LogP contribution in [0.1, 0.15) is 31.2 Å². The highest BCUT2D eigenvalue weighted by atomic mass is 16.2. The number of anilines is 1. The summed E-state index contributed by atoms with van der Waals surface area (Å²) in [6.45, 7) is 6.90. The summed E-state index contributed by atoms with van der Waals surface area (Å²) >= 11 is 0. The van der Waals surface area contributed by atoms with Gasteiger partial charge in [0.05, 0.1) is 18.2 Å². The van der Waals surface area contributed by atoms with E-state index in [-0.39, 0.29) is 18.0 Å². The Morgan fingerprint density at radius 1 is 0.903 bits per heavy atom. The predicted octanol–water partition coefficient (Wildman–Crippen LogP) is 1.48. The highest BCUT2D eigenvalue weighted by molar-refractivity contribution is 5.78. The zero-order valence-corrected chi connectivity index (χ0v) is 18.1. The van der Waals surface area contributed by atoms with Gasteiger partial charge in [0.2, 0.25) is 5.91 Å². The summed E-state index contributed by atoms with van der Waals surface area (Å²) in [6.07, 6.45) is 4.06. The van der Waals surface area contributed by atoms with Crippen molar-refractivity contribution in [2.45, 2.75) is 31.7 Å². The van der Waals surface area contributed by atoms with Crippen LogP contribution in [0.5, 0.6) is 0 Å².